The predicted octanol–water partition coefficient (Wildman–Crippen LogP) is 2.04. The summed E-state index contributed by atoms with van der Waals surface area (Å²) in [6.07, 6.45) is 0. The number of carbonyl (C=O) groups is 1. The van der Waals surface area contributed by atoms with Crippen LogP contribution in [0, 0.1) is 0 Å². The van der Waals surface area contributed by atoms with Crippen molar-refractivity contribution >= 4 is 28.6 Å². The van der Waals surface area contributed by atoms with E-state index in [9.17, 15) is 4.79 Å². The summed E-state index contributed by atoms with van der Waals surface area (Å²) in [6, 6.07) is 7.00. The summed E-state index contributed by atoms with van der Waals surface area (Å²) < 4.78 is 0. The molecule has 1 aromatic carbocycles. The summed E-state index contributed by atoms with van der Waals surface area (Å²) in [7, 11) is 0. The van der Waals surface area contributed by atoms with Gasteiger partial charge in [-0.15, -0.1) is 0 Å². The van der Waals surface area contributed by atoms with E-state index >= 15 is 0 Å². The van der Waals surface area contributed by atoms with Gasteiger partial charge in [0.2, 0.25) is 5.91 Å². The molecule has 0 saturated heterocycles. The van der Waals surface area contributed by atoms with Gasteiger partial charge < -0.3 is 16.8 Å². The van der Waals surface area contributed by atoms with Crippen LogP contribution in [0.4, 0.5) is 11.4 Å². The Bertz CT molecular complexity index is 523. The number of carbonyl (C=O) groups excluding carboxylic acids is 1. The van der Waals surface area contributed by atoms with Crippen LogP contribution in [0.25, 0.3) is 0 Å². The molecule has 0 radical (unpaired) electrons. The lowest BCUT2D eigenvalue weighted by atomic mass is 10.1. The summed E-state index contributed by atoms with van der Waals surface area (Å²) in [6.45, 7) is 0.677. The number of thiophene rings is 1. The largest absolute Gasteiger partial charge is 0.397 e. The van der Waals surface area contributed by atoms with Crippen LogP contribution in [0.2, 0.25) is 0 Å². The zero-order valence-corrected chi connectivity index (χ0v) is 9.96. The highest BCUT2D eigenvalue weighted by molar-refractivity contribution is 7.07. The number of amides is 1. The van der Waals surface area contributed by atoms with Crippen molar-refractivity contribution in [3.05, 3.63) is 46.2 Å². The normalized spacial score (nSPS) is 10.1. The van der Waals surface area contributed by atoms with Crippen molar-refractivity contribution in [1.29, 1.82) is 0 Å². The molecule has 0 bridgehead atoms. The molecule has 0 aliphatic heterocycles. The van der Waals surface area contributed by atoms with Crippen molar-refractivity contribution in [1.82, 2.24) is 0 Å². The fourth-order valence-electron chi connectivity index (χ4n) is 1.45. The average Bonchev–Trinajstić information content (AvgIpc) is 2.80. The summed E-state index contributed by atoms with van der Waals surface area (Å²) in [5.74, 6) is -0.455. The Balaban J connectivity index is 2.14. The highest BCUT2D eigenvalue weighted by Crippen LogP contribution is 2.21. The minimum Gasteiger partial charge on any atom is -0.397 e. The van der Waals surface area contributed by atoms with Crippen LogP contribution in [0.15, 0.2) is 35.0 Å². The number of anilines is 2. The molecule has 0 unspecified atom stereocenters. The molecule has 1 amide bonds. The number of nitrogens with two attached hydrogens (primary N) is 2. The molecule has 0 saturated carbocycles. The smallest absolute Gasteiger partial charge is 0.248 e. The minimum absolute atomic E-state index is 0.451. The number of benzene rings is 1. The molecular weight excluding hydrogens is 234 g/mol. The molecule has 5 heteroatoms. The van der Waals surface area contributed by atoms with Gasteiger partial charge >= 0.3 is 0 Å². The van der Waals surface area contributed by atoms with Crippen molar-refractivity contribution in [2.75, 3.05) is 11.1 Å². The number of nitrogen functional groups attached to an aromatic ring is 1. The summed E-state index contributed by atoms with van der Waals surface area (Å²) in [5, 5.41) is 7.26. The summed E-state index contributed by atoms with van der Waals surface area (Å²) in [5.41, 5.74) is 14.0. The minimum atomic E-state index is -0.455. The Morgan fingerprint density at radius 1 is 1.35 bits per heavy atom. The van der Waals surface area contributed by atoms with Crippen LogP contribution in [-0.4, -0.2) is 5.91 Å². The molecule has 17 heavy (non-hydrogen) atoms. The van der Waals surface area contributed by atoms with E-state index in [1.165, 1.54) is 5.56 Å². The highest BCUT2D eigenvalue weighted by Gasteiger charge is 2.05. The molecule has 4 nitrogen and oxygen atoms in total. The van der Waals surface area contributed by atoms with Gasteiger partial charge in [-0.1, -0.05) is 0 Å². The Morgan fingerprint density at radius 2 is 2.18 bits per heavy atom. The molecule has 1 aromatic heterocycles. The molecule has 88 valence electrons. The Labute approximate surface area is 103 Å². The van der Waals surface area contributed by atoms with E-state index in [1.807, 2.05) is 11.4 Å². The van der Waals surface area contributed by atoms with E-state index < -0.39 is 5.91 Å². The van der Waals surface area contributed by atoms with Gasteiger partial charge in [-0.2, -0.15) is 11.3 Å². The Kier molecular flexibility index (Phi) is 3.30. The van der Waals surface area contributed by atoms with Crippen molar-refractivity contribution in [2.45, 2.75) is 6.54 Å². The van der Waals surface area contributed by atoms with Gasteiger partial charge in [0.1, 0.15) is 0 Å². The van der Waals surface area contributed by atoms with E-state index in [-0.39, 0.29) is 0 Å². The average molecular weight is 247 g/mol. The molecule has 5 N–H and O–H groups in total. The SMILES string of the molecule is NC(=O)c1ccc(N)c(NCc2ccsc2)c1. The number of hydrogen-bond acceptors (Lipinski definition) is 4. The van der Waals surface area contributed by atoms with Gasteiger partial charge in [0.25, 0.3) is 0 Å². The van der Waals surface area contributed by atoms with Gasteiger partial charge in [-0.05, 0) is 40.6 Å². The van der Waals surface area contributed by atoms with Crippen LogP contribution < -0.4 is 16.8 Å². The third-order valence-corrected chi connectivity index (χ3v) is 3.13. The second-order valence-electron chi connectivity index (χ2n) is 3.65. The van der Waals surface area contributed by atoms with E-state index in [0.717, 1.165) is 5.69 Å². The molecule has 1 heterocycles. The Morgan fingerprint density at radius 3 is 2.82 bits per heavy atom. The predicted molar refractivity (Wildman–Crippen MR) is 71.0 cm³/mol. The Hall–Kier alpha value is -2.01. The first-order valence-electron chi connectivity index (χ1n) is 5.11. The summed E-state index contributed by atoms with van der Waals surface area (Å²) >= 11 is 1.64. The van der Waals surface area contributed by atoms with Crippen LogP contribution in [-0.2, 0) is 6.54 Å². The van der Waals surface area contributed by atoms with Crippen LogP contribution in [0.1, 0.15) is 15.9 Å². The van der Waals surface area contributed by atoms with E-state index in [0.29, 0.717) is 17.8 Å². The van der Waals surface area contributed by atoms with Crippen molar-refractivity contribution in [3.63, 3.8) is 0 Å². The standard InChI is InChI=1S/C12H13N3OS/c13-10-2-1-9(12(14)16)5-11(10)15-6-8-3-4-17-7-8/h1-5,7,15H,6,13H2,(H2,14,16). The number of hydrogen-bond donors (Lipinski definition) is 3. The fraction of sp³-hybridized carbons (Fsp3) is 0.0833. The maximum Gasteiger partial charge on any atom is 0.248 e. The highest BCUT2D eigenvalue weighted by atomic mass is 32.1. The van der Waals surface area contributed by atoms with E-state index in [1.54, 1.807) is 29.5 Å². The number of rotatable bonds is 4. The van der Waals surface area contributed by atoms with Gasteiger partial charge in [-0.25, -0.2) is 0 Å². The molecule has 0 atom stereocenters. The van der Waals surface area contributed by atoms with Gasteiger partial charge in [0, 0.05) is 12.1 Å². The van der Waals surface area contributed by atoms with Gasteiger partial charge in [0.05, 0.1) is 11.4 Å². The quantitative estimate of drug-likeness (QED) is 0.723. The first-order chi connectivity index (χ1) is 8.16. The first-order valence-corrected chi connectivity index (χ1v) is 6.05. The third kappa shape index (κ3) is 2.76. The van der Waals surface area contributed by atoms with Crippen molar-refractivity contribution in [3.8, 4) is 0 Å². The monoisotopic (exact) mass is 247 g/mol. The lowest BCUT2D eigenvalue weighted by Gasteiger charge is -2.09. The maximum atomic E-state index is 11.1. The topological polar surface area (TPSA) is 81.1 Å². The van der Waals surface area contributed by atoms with Crippen LogP contribution >= 0.6 is 11.3 Å². The molecule has 0 aliphatic carbocycles. The van der Waals surface area contributed by atoms with Crippen molar-refractivity contribution in [2.24, 2.45) is 5.73 Å². The van der Waals surface area contributed by atoms with Crippen LogP contribution in [0.5, 0.6) is 0 Å². The molecule has 0 aliphatic rings. The second kappa shape index (κ2) is 4.88. The zero-order valence-electron chi connectivity index (χ0n) is 9.14. The van der Waals surface area contributed by atoms with Crippen molar-refractivity contribution < 1.29 is 4.79 Å². The molecule has 2 rings (SSSR count). The molecule has 2 aromatic rings. The lowest BCUT2D eigenvalue weighted by Crippen LogP contribution is -2.12. The second-order valence-corrected chi connectivity index (χ2v) is 4.43. The fourth-order valence-corrected chi connectivity index (χ4v) is 2.12. The molecular formula is C12H13N3OS. The lowest BCUT2D eigenvalue weighted by molar-refractivity contribution is 0.100. The van der Waals surface area contributed by atoms with E-state index in [2.05, 4.69) is 10.7 Å². The molecule has 0 fully saturated rings. The number of nitrogens with one attached hydrogen (secondary N) is 1. The maximum absolute atomic E-state index is 11.1. The zero-order chi connectivity index (χ0) is 12.3. The van der Waals surface area contributed by atoms with Gasteiger partial charge in [0.15, 0.2) is 0 Å². The van der Waals surface area contributed by atoms with E-state index in [4.69, 9.17) is 11.5 Å². The van der Waals surface area contributed by atoms with Gasteiger partial charge in [-0.3, -0.25) is 4.79 Å². The number of primary amides is 1. The third-order valence-electron chi connectivity index (χ3n) is 2.40. The molecule has 0 spiro atoms. The van der Waals surface area contributed by atoms with Crippen LogP contribution in [0.3, 0.4) is 0 Å². The first kappa shape index (κ1) is 11.5. The summed E-state index contributed by atoms with van der Waals surface area (Å²) in [4.78, 5) is 11.1.